The van der Waals surface area contributed by atoms with Gasteiger partial charge in [0.15, 0.2) is 0 Å². The van der Waals surface area contributed by atoms with Crippen LogP contribution in [0.5, 0.6) is 0 Å². The van der Waals surface area contributed by atoms with Crippen LogP contribution in [0.15, 0.2) is 17.2 Å². The molecule has 0 aliphatic heterocycles. The van der Waals surface area contributed by atoms with Gasteiger partial charge in [-0.05, 0) is 32.1 Å². The van der Waals surface area contributed by atoms with Gasteiger partial charge in [-0.1, -0.05) is 13.3 Å². The number of hydrogen-bond acceptors (Lipinski definition) is 3. The Morgan fingerprint density at radius 2 is 2.29 bits per heavy atom. The Morgan fingerprint density at radius 1 is 1.53 bits per heavy atom. The summed E-state index contributed by atoms with van der Waals surface area (Å²) in [7, 11) is 0. The topological polar surface area (TPSA) is 55.1 Å². The third kappa shape index (κ3) is 2.41. The van der Waals surface area contributed by atoms with Crippen LogP contribution in [-0.4, -0.2) is 20.8 Å². The highest BCUT2D eigenvalue weighted by Gasteiger charge is 2.30. The minimum atomic E-state index is -0.275. The number of aliphatic hydroxyl groups excluding tert-OH is 1. The summed E-state index contributed by atoms with van der Waals surface area (Å²) in [5.74, 6) is 0.484. The van der Waals surface area contributed by atoms with Crippen molar-refractivity contribution in [3.05, 3.63) is 28.4 Å². The molecule has 1 saturated carbocycles. The van der Waals surface area contributed by atoms with Crippen molar-refractivity contribution in [2.45, 2.75) is 51.7 Å². The van der Waals surface area contributed by atoms with Crippen LogP contribution in [0, 0.1) is 12.8 Å². The van der Waals surface area contributed by atoms with Crippen LogP contribution in [-0.2, 0) is 0 Å². The molecule has 17 heavy (non-hydrogen) atoms. The molecule has 0 amide bonds. The van der Waals surface area contributed by atoms with E-state index in [0.29, 0.717) is 18.0 Å². The molecule has 1 aliphatic carbocycles. The largest absolute Gasteiger partial charge is 0.393 e. The van der Waals surface area contributed by atoms with Crippen LogP contribution in [0.4, 0.5) is 0 Å². The average Bonchev–Trinajstić information content (AvgIpc) is 2.33. The van der Waals surface area contributed by atoms with Gasteiger partial charge in [0.05, 0.1) is 6.10 Å². The Balaban J connectivity index is 2.35. The van der Waals surface area contributed by atoms with E-state index in [0.717, 1.165) is 19.3 Å². The van der Waals surface area contributed by atoms with Crippen molar-refractivity contribution in [2.75, 3.05) is 0 Å². The standard InChI is InChI=1S/C13H20N2O2/c1-3-10-4-5-11(16)8-12(10)15-7-6-14-9(2)13(15)17/h6-7,10-12,16H,3-5,8H2,1-2H3. The van der Waals surface area contributed by atoms with E-state index >= 15 is 0 Å². The highest BCUT2D eigenvalue weighted by Crippen LogP contribution is 2.35. The molecule has 1 aliphatic rings. The number of rotatable bonds is 2. The molecule has 1 fully saturated rings. The molecule has 3 atom stereocenters. The number of nitrogens with zero attached hydrogens (tertiary/aromatic N) is 2. The molecule has 4 nitrogen and oxygen atoms in total. The van der Waals surface area contributed by atoms with Crippen LogP contribution in [0.3, 0.4) is 0 Å². The summed E-state index contributed by atoms with van der Waals surface area (Å²) in [6.45, 7) is 3.88. The fraction of sp³-hybridized carbons (Fsp3) is 0.692. The van der Waals surface area contributed by atoms with E-state index in [-0.39, 0.29) is 17.7 Å². The predicted molar refractivity (Wildman–Crippen MR) is 65.9 cm³/mol. The SMILES string of the molecule is CCC1CCC(O)CC1n1ccnc(C)c1=O. The minimum Gasteiger partial charge on any atom is -0.393 e. The third-order valence-electron chi connectivity index (χ3n) is 3.85. The van der Waals surface area contributed by atoms with Crippen molar-refractivity contribution in [1.29, 1.82) is 0 Å². The van der Waals surface area contributed by atoms with Gasteiger partial charge in [-0.2, -0.15) is 0 Å². The van der Waals surface area contributed by atoms with Gasteiger partial charge in [-0.3, -0.25) is 9.78 Å². The molecular weight excluding hydrogens is 216 g/mol. The fourth-order valence-corrected chi connectivity index (χ4v) is 2.79. The zero-order valence-corrected chi connectivity index (χ0v) is 10.5. The molecule has 3 unspecified atom stereocenters. The molecule has 1 heterocycles. The summed E-state index contributed by atoms with van der Waals surface area (Å²) in [5, 5.41) is 9.78. The lowest BCUT2D eigenvalue weighted by atomic mass is 9.81. The van der Waals surface area contributed by atoms with Gasteiger partial charge in [0.25, 0.3) is 5.56 Å². The van der Waals surface area contributed by atoms with E-state index in [2.05, 4.69) is 11.9 Å². The Morgan fingerprint density at radius 3 is 3.00 bits per heavy atom. The second-order valence-corrected chi connectivity index (χ2v) is 4.93. The van der Waals surface area contributed by atoms with Crippen LogP contribution in [0.1, 0.15) is 44.3 Å². The van der Waals surface area contributed by atoms with Crippen molar-refractivity contribution in [3.8, 4) is 0 Å². The summed E-state index contributed by atoms with van der Waals surface area (Å²) < 4.78 is 1.76. The molecule has 1 aromatic heterocycles. The zero-order valence-electron chi connectivity index (χ0n) is 10.5. The molecule has 0 aromatic carbocycles. The highest BCUT2D eigenvalue weighted by molar-refractivity contribution is 4.98. The Kier molecular flexibility index (Phi) is 3.62. The highest BCUT2D eigenvalue weighted by atomic mass is 16.3. The first kappa shape index (κ1) is 12.3. The normalized spacial score (nSPS) is 29.2. The Hall–Kier alpha value is -1.16. The van der Waals surface area contributed by atoms with Gasteiger partial charge in [0, 0.05) is 18.4 Å². The number of aliphatic hydroxyl groups is 1. The zero-order chi connectivity index (χ0) is 12.4. The summed E-state index contributed by atoms with van der Waals surface area (Å²) >= 11 is 0. The summed E-state index contributed by atoms with van der Waals surface area (Å²) in [6, 6.07) is 0.123. The lowest BCUT2D eigenvalue weighted by Crippen LogP contribution is -2.36. The summed E-state index contributed by atoms with van der Waals surface area (Å²) in [4.78, 5) is 16.1. The second-order valence-electron chi connectivity index (χ2n) is 4.93. The first-order chi connectivity index (χ1) is 8.13. The quantitative estimate of drug-likeness (QED) is 0.849. The van der Waals surface area contributed by atoms with Crippen molar-refractivity contribution < 1.29 is 5.11 Å². The fourth-order valence-electron chi connectivity index (χ4n) is 2.79. The first-order valence-corrected chi connectivity index (χ1v) is 6.35. The van der Waals surface area contributed by atoms with Gasteiger partial charge in [-0.15, -0.1) is 0 Å². The van der Waals surface area contributed by atoms with Gasteiger partial charge < -0.3 is 9.67 Å². The molecule has 94 valence electrons. The van der Waals surface area contributed by atoms with Gasteiger partial charge in [-0.25, -0.2) is 0 Å². The molecule has 0 spiro atoms. The second kappa shape index (κ2) is 5.00. The van der Waals surface area contributed by atoms with Crippen LogP contribution < -0.4 is 5.56 Å². The number of hydrogen-bond donors (Lipinski definition) is 1. The maximum atomic E-state index is 12.1. The van der Waals surface area contributed by atoms with Gasteiger partial charge in [0.1, 0.15) is 5.69 Å². The van der Waals surface area contributed by atoms with E-state index in [1.807, 2.05) is 0 Å². The van der Waals surface area contributed by atoms with E-state index in [1.165, 1.54) is 0 Å². The molecular formula is C13H20N2O2. The van der Waals surface area contributed by atoms with Crippen LogP contribution >= 0.6 is 0 Å². The van der Waals surface area contributed by atoms with Crippen molar-refractivity contribution in [2.24, 2.45) is 5.92 Å². The molecule has 0 bridgehead atoms. The lowest BCUT2D eigenvalue weighted by Gasteiger charge is -2.34. The van der Waals surface area contributed by atoms with E-state index in [4.69, 9.17) is 0 Å². The van der Waals surface area contributed by atoms with Gasteiger partial charge >= 0.3 is 0 Å². The molecule has 0 saturated heterocycles. The average molecular weight is 236 g/mol. The number of aromatic nitrogens is 2. The third-order valence-corrected chi connectivity index (χ3v) is 3.85. The summed E-state index contributed by atoms with van der Waals surface area (Å²) in [5.41, 5.74) is 0.507. The van der Waals surface area contributed by atoms with Crippen molar-refractivity contribution in [1.82, 2.24) is 9.55 Å². The Bertz CT molecular complexity index is 441. The first-order valence-electron chi connectivity index (χ1n) is 6.35. The maximum absolute atomic E-state index is 12.1. The van der Waals surface area contributed by atoms with Crippen molar-refractivity contribution >= 4 is 0 Å². The van der Waals surface area contributed by atoms with Gasteiger partial charge in [0.2, 0.25) is 0 Å². The number of aryl methyl sites for hydroxylation is 1. The predicted octanol–water partition coefficient (Wildman–Crippen LogP) is 1.66. The smallest absolute Gasteiger partial charge is 0.272 e. The molecule has 4 heteroatoms. The minimum absolute atomic E-state index is 0.0231. The lowest BCUT2D eigenvalue weighted by molar-refractivity contribution is 0.0698. The molecule has 0 radical (unpaired) electrons. The van der Waals surface area contributed by atoms with Crippen molar-refractivity contribution in [3.63, 3.8) is 0 Å². The maximum Gasteiger partial charge on any atom is 0.272 e. The molecule has 1 N–H and O–H groups in total. The van der Waals surface area contributed by atoms with E-state index < -0.39 is 0 Å². The molecule has 1 aromatic rings. The van der Waals surface area contributed by atoms with Crippen LogP contribution in [0.25, 0.3) is 0 Å². The monoisotopic (exact) mass is 236 g/mol. The van der Waals surface area contributed by atoms with Crippen LogP contribution in [0.2, 0.25) is 0 Å². The Labute approximate surface area is 101 Å². The van der Waals surface area contributed by atoms with E-state index in [9.17, 15) is 9.90 Å². The molecule has 2 rings (SSSR count). The summed E-state index contributed by atoms with van der Waals surface area (Å²) in [6.07, 6.45) is 6.73. The van der Waals surface area contributed by atoms with E-state index in [1.54, 1.807) is 23.9 Å².